The number of aliphatic imine (C=N–C) groups is 1. The minimum Gasteiger partial charge on any atom is -0.264 e. The third-order valence-corrected chi connectivity index (χ3v) is 4.45. The Morgan fingerprint density at radius 2 is 1.77 bits per heavy atom. The zero-order valence-corrected chi connectivity index (χ0v) is 13.6. The molecule has 0 fully saturated rings. The maximum Gasteiger partial charge on any atom is 0.164 e. The summed E-state index contributed by atoms with van der Waals surface area (Å²) in [5.41, 5.74) is 5.48. The molecule has 4 aromatic rings. The van der Waals surface area contributed by atoms with Gasteiger partial charge in [-0.05, 0) is 41.5 Å². The molecule has 0 atom stereocenters. The van der Waals surface area contributed by atoms with E-state index in [1.165, 1.54) is 0 Å². The molecule has 0 saturated carbocycles. The van der Waals surface area contributed by atoms with E-state index >= 15 is 0 Å². The van der Waals surface area contributed by atoms with Crippen LogP contribution in [-0.2, 0) is 0 Å². The van der Waals surface area contributed by atoms with Gasteiger partial charge in [-0.2, -0.15) is 5.26 Å². The third kappa shape index (κ3) is 2.17. The van der Waals surface area contributed by atoms with E-state index in [0.717, 1.165) is 33.2 Å². The largest absolute Gasteiger partial charge is 0.264 e. The van der Waals surface area contributed by atoms with Crippen molar-refractivity contribution in [3.63, 3.8) is 0 Å². The van der Waals surface area contributed by atoms with Crippen LogP contribution in [-0.4, -0.2) is 21.2 Å². The summed E-state index contributed by atoms with van der Waals surface area (Å²) in [4.78, 5) is 17.9. The number of hydrogen-bond donors (Lipinski definition) is 0. The highest BCUT2D eigenvalue weighted by Gasteiger charge is 2.19. The summed E-state index contributed by atoms with van der Waals surface area (Å²) in [6, 6.07) is 17.5. The van der Waals surface area contributed by atoms with Crippen molar-refractivity contribution in [2.45, 2.75) is 0 Å². The summed E-state index contributed by atoms with van der Waals surface area (Å²) < 4.78 is 0. The van der Waals surface area contributed by atoms with E-state index in [9.17, 15) is 0 Å². The van der Waals surface area contributed by atoms with Crippen LogP contribution in [0.25, 0.3) is 33.4 Å². The summed E-state index contributed by atoms with van der Waals surface area (Å²) >= 11 is 0. The predicted octanol–water partition coefficient (Wildman–Crippen LogP) is 4.29. The first kappa shape index (κ1) is 14.4. The fourth-order valence-electron chi connectivity index (χ4n) is 3.18. The van der Waals surface area contributed by atoms with Gasteiger partial charge >= 0.3 is 0 Å². The molecule has 26 heavy (non-hydrogen) atoms. The van der Waals surface area contributed by atoms with Gasteiger partial charge in [0.15, 0.2) is 11.6 Å². The summed E-state index contributed by atoms with van der Waals surface area (Å²) in [6.07, 6.45) is 5.31. The Bertz CT molecular complexity index is 1220. The molecule has 2 aromatic heterocycles. The average Bonchev–Trinajstić information content (AvgIpc) is 3.14. The molecule has 0 unspecified atom stereocenters. The Balaban J connectivity index is 1.70. The molecule has 0 bridgehead atoms. The number of aromatic nitrogens is 3. The van der Waals surface area contributed by atoms with E-state index < -0.39 is 0 Å². The van der Waals surface area contributed by atoms with Crippen molar-refractivity contribution in [3.05, 3.63) is 72.1 Å². The van der Waals surface area contributed by atoms with E-state index in [0.29, 0.717) is 17.2 Å². The monoisotopic (exact) mass is 333 g/mol. The number of pyridine rings is 1. The molecular formula is C21H11N5. The van der Waals surface area contributed by atoms with Crippen LogP contribution in [0.5, 0.6) is 0 Å². The van der Waals surface area contributed by atoms with Gasteiger partial charge in [-0.3, -0.25) is 4.98 Å². The average molecular weight is 333 g/mol. The molecule has 0 spiro atoms. The Morgan fingerprint density at radius 3 is 2.54 bits per heavy atom. The van der Waals surface area contributed by atoms with Crippen LogP contribution in [0.3, 0.4) is 0 Å². The maximum atomic E-state index is 8.98. The number of rotatable bonds is 2. The number of hydrogen-bond acceptors (Lipinski definition) is 5. The highest BCUT2D eigenvalue weighted by molar-refractivity contribution is 6.13. The van der Waals surface area contributed by atoms with Crippen LogP contribution < -0.4 is 0 Å². The fourth-order valence-corrected chi connectivity index (χ4v) is 3.18. The summed E-state index contributed by atoms with van der Waals surface area (Å²) in [6.45, 7) is 0. The molecule has 0 amide bonds. The van der Waals surface area contributed by atoms with Gasteiger partial charge in [0.25, 0.3) is 0 Å². The fraction of sp³-hybridized carbons (Fsp3) is 0. The van der Waals surface area contributed by atoms with Crippen molar-refractivity contribution >= 4 is 22.9 Å². The van der Waals surface area contributed by atoms with Gasteiger partial charge in [-0.15, -0.1) is 0 Å². The van der Waals surface area contributed by atoms with Crippen molar-refractivity contribution in [2.75, 3.05) is 0 Å². The van der Waals surface area contributed by atoms with Crippen molar-refractivity contribution in [1.82, 2.24) is 15.0 Å². The normalized spacial score (nSPS) is 11.7. The molecular weight excluding hydrogens is 322 g/mol. The first-order valence-electron chi connectivity index (χ1n) is 8.13. The number of nitrogens with zero attached hydrogens (tertiary/aromatic N) is 5. The second-order valence-electron chi connectivity index (χ2n) is 5.98. The number of benzene rings is 2. The maximum absolute atomic E-state index is 8.98. The Hall–Kier alpha value is -3.91. The molecule has 5 heteroatoms. The molecule has 3 heterocycles. The van der Waals surface area contributed by atoms with Crippen LogP contribution in [0, 0.1) is 11.3 Å². The Morgan fingerprint density at radius 1 is 0.885 bits per heavy atom. The quantitative estimate of drug-likeness (QED) is 0.483. The third-order valence-electron chi connectivity index (χ3n) is 4.45. The van der Waals surface area contributed by atoms with Gasteiger partial charge in [-0.25, -0.2) is 15.0 Å². The minimum absolute atomic E-state index is 0.622. The SMILES string of the molecule is N#Cc1ccc(-c2ccc3nc(-c4cccnc4)nc4c3c2C=N4)cc1. The first-order chi connectivity index (χ1) is 12.8. The summed E-state index contributed by atoms with van der Waals surface area (Å²) in [5.74, 6) is 1.30. The second kappa shape index (κ2) is 5.57. The topological polar surface area (TPSA) is 74.8 Å². The van der Waals surface area contributed by atoms with Crippen LogP contribution >= 0.6 is 0 Å². The van der Waals surface area contributed by atoms with Crippen molar-refractivity contribution in [3.8, 4) is 28.6 Å². The lowest BCUT2D eigenvalue weighted by molar-refractivity contribution is 1.20. The molecule has 5 rings (SSSR count). The minimum atomic E-state index is 0.622. The molecule has 120 valence electrons. The standard InChI is InChI=1S/C21H11N5/c22-10-13-3-5-14(6-4-13)16-7-8-18-19-17(16)12-24-21(19)26-20(25-18)15-2-1-9-23-11-15/h1-9,11-12H. The predicted molar refractivity (Wildman–Crippen MR) is 100 cm³/mol. The smallest absolute Gasteiger partial charge is 0.164 e. The van der Waals surface area contributed by atoms with Crippen LogP contribution in [0.1, 0.15) is 11.1 Å². The Labute approximate surface area is 149 Å². The molecule has 0 aliphatic carbocycles. The van der Waals surface area contributed by atoms with Gasteiger partial charge in [0, 0.05) is 29.7 Å². The van der Waals surface area contributed by atoms with Gasteiger partial charge in [-0.1, -0.05) is 18.2 Å². The van der Waals surface area contributed by atoms with E-state index in [-0.39, 0.29) is 0 Å². The van der Waals surface area contributed by atoms with E-state index in [1.54, 1.807) is 12.4 Å². The number of nitriles is 1. The lowest BCUT2D eigenvalue weighted by atomic mass is 9.97. The zero-order valence-electron chi connectivity index (χ0n) is 13.6. The highest BCUT2D eigenvalue weighted by atomic mass is 15.0. The highest BCUT2D eigenvalue weighted by Crippen LogP contribution is 2.37. The molecule has 5 nitrogen and oxygen atoms in total. The van der Waals surface area contributed by atoms with Crippen molar-refractivity contribution in [2.24, 2.45) is 4.99 Å². The summed E-state index contributed by atoms with van der Waals surface area (Å²) in [5, 5.41) is 9.94. The molecule has 0 saturated heterocycles. The lowest BCUT2D eigenvalue weighted by Crippen LogP contribution is -1.93. The van der Waals surface area contributed by atoms with E-state index in [4.69, 9.17) is 10.2 Å². The zero-order chi connectivity index (χ0) is 17.5. The second-order valence-corrected chi connectivity index (χ2v) is 5.98. The van der Waals surface area contributed by atoms with Gasteiger partial charge < -0.3 is 0 Å². The van der Waals surface area contributed by atoms with Gasteiger partial charge in [0.2, 0.25) is 0 Å². The molecule has 1 aliphatic rings. The first-order valence-corrected chi connectivity index (χ1v) is 8.13. The van der Waals surface area contributed by atoms with Crippen molar-refractivity contribution < 1.29 is 0 Å². The molecule has 2 aromatic carbocycles. The molecule has 0 N–H and O–H groups in total. The van der Waals surface area contributed by atoms with Crippen LogP contribution in [0.2, 0.25) is 0 Å². The van der Waals surface area contributed by atoms with E-state index in [1.807, 2.05) is 54.7 Å². The van der Waals surface area contributed by atoms with Gasteiger partial charge in [0.05, 0.1) is 22.5 Å². The lowest BCUT2D eigenvalue weighted by Gasteiger charge is -2.09. The van der Waals surface area contributed by atoms with Crippen molar-refractivity contribution in [1.29, 1.82) is 5.26 Å². The van der Waals surface area contributed by atoms with Crippen LogP contribution in [0.4, 0.5) is 5.82 Å². The van der Waals surface area contributed by atoms with E-state index in [2.05, 4.69) is 21.0 Å². The molecule has 0 radical (unpaired) electrons. The van der Waals surface area contributed by atoms with Gasteiger partial charge in [0.1, 0.15) is 0 Å². The molecule has 1 aliphatic heterocycles. The Kier molecular flexibility index (Phi) is 3.09. The summed E-state index contributed by atoms with van der Waals surface area (Å²) in [7, 11) is 0. The van der Waals surface area contributed by atoms with Crippen LogP contribution in [0.15, 0.2) is 65.9 Å².